The number of halogens is 1. The van der Waals surface area contributed by atoms with E-state index in [-0.39, 0.29) is 18.3 Å². The molecule has 0 spiro atoms. The molecule has 0 unspecified atom stereocenters. The molecule has 3 rings (SSSR count). The minimum absolute atomic E-state index is 0.0852. The summed E-state index contributed by atoms with van der Waals surface area (Å²) < 4.78 is 23.9. The van der Waals surface area contributed by atoms with E-state index >= 15 is 0 Å². The van der Waals surface area contributed by atoms with Gasteiger partial charge in [0, 0.05) is 32.2 Å². The van der Waals surface area contributed by atoms with Crippen molar-refractivity contribution in [2.24, 2.45) is 0 Å². The van der Waals surface area contributed by atoms with Crippen molar-refractivity contribution in [3.05, 3.63) is 54.3 Å². The average Bonchev–Trinajstić information content (AvgIpc) is 2.66. The van der Waals surface area contributed by atoms with Gasteiger partial charge in [0.2, 0.25) is 0 Å². The number of hydrogen-bond acceptors (Lipinski definition) is 4. The molecule has 2 aromatic carbocycles. The normalized spacial score (nSPS) is 14.3. The van der Waals surface area contributed by atoms with Crippen LogP contribution in [0.15, 0.2) is 48.5 Å². The second kappa shape index (κ2) is 7.88. The molecule has 5 nitrogen and oxygen atoms in total. The lowest BCUT2D eigenvalue weighted by molar-refractivity contribution is -0.133. The van der Waals surface area contributed by atoms with Crippen molar-refractivity contribution in [3.63, 3.8) is 0 Å². The van der Waals surface area contributed by atoms with E-state index in [4.69, 9.17) is 9.47 Å². The molecular formula is C19H21FN2O3. The number of nitrogens with zero attached hydrogens (tertiary/aromatic N) is 2. The Morgan fingerprint density at radius 2 is 1.84 bits per heavy atom. The number of carbonyl (C=O) groups excluding carboxylic acids is 1. The van der Waals surface area contributed by atoms with E-state index in [1.54, 1.807) is 24.1 Å². The van der Waals surface area contributed by atoms with Crippen LogP contribution in [0.3, 0.4) is 0 Å². The van der Waals surface area contributed by atoms with Gasteiger partial charge in [-0.15, -0.1) is 0 Å². The second-order valence-electron chi connectivity index (χ2n) is 5.79. The number of benzene rings is 2. The van der Waals surface area contributed by atoms with Gasteiger partial charge in [-0.25, -0.2) is 4.39 Å². The summed E-state index contributed by atoms with van der Waals surface area (Å²) in [6, 6.07) is 13.7. The SMILES string of the molecule is COc1ccccc1N1CCN(C(=O)COc2cccc(F)c2)CC1. The lowest BCUT2D eigenvalue weighted by Crippen LogP contribution is -2.50. The van der Waals surface area contributed by atoms with Crippen LogP contribution in [-0.4, -0.2) is 50.7 Å². The van der Waals surface area contributed by atoms with Gasteiger partial charge in [-0.2, -0.15) is 0 Å². The second-order valence-corrected chi connectivity index (χ2v) is 5.79. The standard InChI is InChI=1S/C19H21FN2O3/c1-24-18-8-3-2-7-17(18)21-9-11-22(12-10-21)19(23)14-25-16-6-4-5-15(20)13-16/h2-8,13H,9-12,14H2,1H3. The Bertz CT molecular complexity index is 730. The van der Waals surface area contributed by atoms with E-state index in [9.17, 15) is 9.18 Å². The van der Waals surface area contributed by atoms with Gasteiger partial charge in [-0.3, -0.25) is 4.79 Å². The molecule has 2 aromatic rings. The van der Waals surface area contributed by atoms with Crippen molar-refractivity contribution in [2.75, 3.05) is 44.8 Å². The molecule has 0 aliphatic carbocycles. The highest BCUT2D eigenvalue weighted by Crippen LogP contribution is 2.28. The van der Waals surface area contributed by atoms with E-state index in [0.29, 0.717) is 18.8 Å². The van der Waals surface area contributed by atoms with Crippen molar-refractivity contribution in [2.45, 2.75) is 0 Å². The lowest BCUT2D eigenvalue weighted by Gasteiger charge is -2.36. The van der Waals surface area contributed by atoms with Gasteiger partial charge >= 0.3 is 0 Å². The van der Waals surface area contributed by atoms with Gasteiger partial charge in [0.25, 0.3) is 5.91 Å². The number of methoxy groups -OCH3 is 1. The number of rotatable bonds is 5. The van der Waals surface area contributed by atoms with E-state index in [1.165, 1.54) is 12.1 Å². The summed E-state index contributed by atoms with van der Waals surface area (Å²) in [6.45, 7) is 2.60. The first-order chi connectivity index (χ1) is 12.2. The molecule has 1 aliphatic heterocycles. The quantitative estimate of drug-likeness (QED) is 0.836. The molecule has 0 aromatic heterocycles. The Morgan fingerprint density at radius 3 is 2.56 bits per heavy atom. The summed E-state index contributed by atoms with van der Waals surface area (Å²) in [5.74, 6) is 0.719. The van der Waals surface area contributed by atoms with Gasteiger partial charge < -0.3 is 19.3 Å². The molecule has 0 N–H and O–H groups in total. The van der Waals surface area contributed by atoms with Crippen LogP contribution in [0.2, 0.25) is 0 Å². The van der Waals surface area contributed by atoms with E-state index in [1.807, 2.05) is 24.3 Å². The zero-order chi connectivity index (χ0) is 17.6. The van der Waals surface area contributed by atoms with Crippen LogP contribution in [0.25, 0.3) is 0 Å². The number of para-hydroxylation sites is 2. The maximum absolute atomic E-state index is 13.1. The minimum Gasteiger partial charge on any atom is -0.495 e. The molecule has 0 radical (unpaired) electrons. The smallest absolute Gasteiger partial charge is 0.260 e. The van der Waals surface area contributed by atoms with Crippen LogP contribution in [0, 0.1) is 5.82 Å². The van der Waals surface area contributed by atoms with E-state index < -0.39 is 0 Å². The summed E-state index contributed by atoms with van der Waals surface area (Å²) in [4.78, 5) is 16.3. The van der Waals surface area contributed by atoms with Crippen LogP contribution in [0.4, 0.5) is 10.1 Å². The van der Waals surface area contributed by atoms with Gasteiger partial charge in [0.15, 0.2) is 6.61 Å². The third kappa shape index (κ3) is 4.21. The molecule has 6 heteroatoms. The lowest BCUT2D eigenvalue weighted by atomic mass is 10.2. The van der Waals surface area contributed by atoms with Crippen molar-refractivity contribution >= 4 is 11.6 Å². The fourth-order valence-corrected chi connectivity index (χ4v) is 2.88. The Labute approximate surface area is 146 Å². The molecule has 1 aliphatic rings. The van der Waals surface area contributed by atoms with E-state index in [2.05, 4.69) is 4.90 Å². The molecule has 1 amide bonds. The average molecular weight is 344 g/mol. The van der Waals surface area contributed by atoms with Crippen molar-refractivity contribution in [1.29, 1.82) is 0 Å². The number of ether oxygens (including phenoxy) is 2. The number of anilines is 1. The number of carbonyl (C=O) groups is 1. The maximum atomic E-state index is 13.1. The van der Waals surface area contributed by atoms with Crippen LogP contribution in [-0.2, 0) is 4.79 Å². The summed E-state index contributed by atoms with van der Waals surface area (Å²) >= 11 is 0. The molecule has 1 fully saturated rings. The highest BCUT2D eigenvalue weighted by molar-refractivity contribution is 5.78. The predicted molar refractivity (Wildman–Crippen MR) is 93.7 cm³/mol. The Balaban J connectivity index is 1.52. The molecule has 1 heterocycles. The van der Waals surface area contributed by atoms with Gasteiger partial charge in [-0.05, 0) is 24.3 Å². The topological polar surface area (TPSA) is 42.0 Å². The highest BCUT2D eigenvalue weighted by Gasteiger charge is 2.23. The molecule has 0 saturated carbocycles. The molecule has 0 bridgehead atoms. The third-order valence-electron chi connectivity index (χ3n) is 4.22. The van der Waals surface area contributed by atoms with Crippen LogP contribution in [0.5, 0.6) is 11.5 Å². The van der Waals surface area contributed by atoms with Gasteiger partial charge in [-0.1, -0.05) is 18.2 Å². The molecule has 132 valence electrons. The zero-order valence-corrected chi connectivity index (χ0v) is 14.2. The first kappa shape index (κ1) is 17.1. The monoisotopic (exact) mass is 344 g/mol. The number of hydrogen-bond donors (Lipinski definition) is 0. The molecule has 1 saturated heterocycles. The van der Waals surface area contributed by atoms with Crippen LogP contribution < -0.4 is 14.4 Å². The Hall–Kier alpha value is -2.76. The summed E-state index contributed by atoms with van der Waals surface area (Å²) in [5.41, 5.74) is 1.04. The predicted octanol–water partition coefficient (Wildman–Crippen LogP) is 2.56. The Morgan fingerprint density at radius 1 is 1.08 bits per heavy atom. The zero-order valence-electron chi connectivity index (χ0n) is 14.2. The first-order valence-electron chi connectivity index (χ1n) is 8.21. The minimum atomic E-state index is -0.379. The maximum Gasteiger partial charge on any atom is 0.260 e. The van der Waals surface area contributed by atoms with Crippen molar-refractivity contribution in [1.82, 2.24) is 4.90 Å². The summed E-state index contributed by atoms with van der Waals surface area (Å²) in [7, 11) is 1.66. The highest BCUT2D eigenvalue weighted by atomic mass is 19.1. The Kier molecular flexibility index (Phi) is 5.38. The molecular weight excluding hydrogens is 323 g/mol. The van der Waals surface area contributed by atoms with Crippen molar-refractivity contribution < 1.29 is 18.7 Å². The molecule has 0 atom stereocenters. The first-order valence-corrected chi connectivity index (χ1v) is 8.21. The summed E-state index contributed by atoms with van der Waals surface area (Å²) in [5, 5.41) is 0. The van der Waals surface area contributed by atoms with Crippen LogP contribution in [0.1, 0.15) is 0 Å². The third-order valence-corrected chi connectivity index (χ3v) is 4.22. The molecule has 25 heavy (non-hydrogen) atoms. The fraction of sp³-hybridized carbons (Fsp3) is 0.316. The van der Waals surface area contributed by atoms with E-state index in [0.717, 1.165) is 24.5 Å². The number of amides is 1. The van der Waals surface area contributed by atoms with Crippen molar-refractivity contribution in [3.8, 4) is 11.5 Å². The largest absolute Gasteiger partial charge is 0.495 e. The fourth-order valence-electron chi connectivity index (χ4n) is 2.88. The van der Waals surface area contributed by atoms with Crippen LogP contribution >= 0.6 is 0 Å². The van der Waals surface area contributed by atoms with Gasteiger partial charge in [0.1, 0.15) is 17.3 Å². The van der Waals surface area contributed by atoms with Gasteiger partial charge in [0.05, 0.1) is 12.8 Å². The number of piperazine rings is 1. The summed E-state index contributed by atoms with van der Waals surface area (Å²) in [6.07, 6.45) is 0.